The number of benzene rings is 1. The van der Waals surface area contributed by atoms with Crippen molar-refractivity contribution in [3.8, 4) is 0 Å². The van der Waals surface area contributed by atoms with Crippen molar-refractivity contribution in [2.75, 3.05) is 0 Å². The van der Waals surface area contributed by atoms with Gasteiger partial charge < -0.3 is 5.73 Å². The summed E-state index contributed by atoms with van der Waals surface area (Å²) in [4.78, 5) is 0. The van der Waals surface area contributed by atoms with Crippen molar-refractivity contribution >= 4 is 11.6 Å². The molecule has 0 bridgehead atoms. The lowest BCUT2D eigenvalue weighted by molar-refractivity contribution is 0.633. The quantitative estimate of drug-likeness (QED) is 0.772. The molecule has 0 spiro atoms. The van der Waals surface area contributed by atoms with Crippen molar-refractivity contribution in [3.05, 3.63) is 34.3 Å². The molecule has 0 saturated heterocycles. The summed E-state index contributed by atoms with van der Waals surface area (Å²) < 4.78 is 0. The maximum atomic E-state index is 6.08. The molecule has 2 heteroatoms. The molecule has 1 saturated carbocycles. The zero-order chi connectivity index (χ0) is 9.42. The molecular formula is C11H14ClN. The first kappa shape index (κ1) is 9.04. The highest BCUT2D eigenvalue weighted by atomic mass is 35.5. The van der Waals surface area contributed by atoms with Crippen LogP contribution in [0.2, 0.25) is 5.02 Å². The number of hydrogen-bond acceptors (Lipinski definition) is 1. The van der Waals surface area contributed by atoms with Crippen molar-refractivity contribution in [2.24, 2.45) is 11.7 Å². The number of nitrogens with two attached hydrogens (primary N) is 1. The van der Waals surface area contributed by atoms with Gasteiger partial charge in [-0.2, -0.15) is 0 Å². The largest absolute Gasteiger partial charge is 0.324 e. The van der Waals surface area contributed by atoms with E-state index in [2.05, 4.69) is 6.07 Å². The van der Waals surface area contributed by atoms with Crippen LogP contribution in [-0.2, 0) is 0 Å². The lowest BCUT2D eigenvalue weighted by Crippen LogP contribution is -2.12. The minimum Gasteiger partial charge on any atom is -0.324 e. The zero-order valence-electron chi connectivity index (χ0n) is 7.76. The van der Waals surface area contributed by atoms with E-state index in [-0.39, 0.29) is 6.04 Å². The molecule has 2 rings (SSSR count). The monoisotopic (exact) mass is 195 g/mol. The highest BCUT2D eigenvalue weighted by Crippen LogP contribution is 2.39. The molecule has 1 aliphatic carbocycles. The Balaban J connectivity index is 2.24. The van der Waals surface area contributed by atoms with Crippen LogP contribution >= 0.6 is 11.6 Å². The smallest absolute Gasteiger partial charge is 0.0435 e. The molecular weight excluding hydrogens is 182 g/mol. The second-order valence-electron chi connectivity index (χ2n) is 3.87. The number of hydrogen-bond donors (Lipinski definition) is 1. The fourth-order valence-corrected chi connectivity index (χ4v) is 1.72. The fourth-order valence-electron chi connectivity index (χ4n) is 1.60. The van der Waals surface area contributed by atoms with Crippen LogP contribution in [0.25, 0.3) is 0 Å². The van der Waals surface area contributed by atoms with Crippen LogP contribution in [0.4, 0.5) is 0 Å². The minimum atomic E-state index is 0.218. The van der Waals surface area contributed by atoms with Gasteiger partial charge in [-0.15, -0.1) is 0 Å². The van der Waals surface area contributed by atoms with E-state index in [1.807, 2.05) is 19.1 Å². The van der Waals surface area contributed by atoms with E-state index < -0.39 is 0 Å². The van der Waals surface area contributed by atoms with Gasteiger partial charge in [-0.1, -0.05) is 23.7 Å². The van der Waals surface area contributed by atoms with Gasteiger partial charge in [-0.25, -0.2) is 0 Å². The SMILES string of the molecule is Cc1cc(C(N)C2CC2)ccc1Cl. The molecule has 0 aromatic heterocycles. The van der Waals surface area contributed by atoms with Crippen molar-refractivity contribution in [3.63, 3.8) is 0 Å². The molecule has 1 nitrogen and oxygen atoms in total. The first-order valence-corrected chi connectivity index (χ1v) is 5.08. The second kappa shape index (κ2) is 3.32. The molecule has 0 heterocycles. The summed E-state index contributed by atoms with van der Waals surface area (Å²) in [6.07, 6.45) is 2.56. The summed E-state index contributed by atoms with van der Waals surface area (Å²) >= 11 is 5.94. The first-order valence-electron chi connectivity index (χ1n) is 4.70. The molecule has 1 aliphatic rings. The molecule has 0 amide bonds. The van der Waals surface area contributed by atoms with Crippen LogP contribution in [0.3, 0.4) is 0 Å². The highest BCUT2D eigenvalue weighted by molar-refractivity contribution is 6.31. The third-order valence-corrected chi connectivity index (χ3v) is 3.12. The lowest BCUT2D eigenvalue weighted by Gasteiger charge is -2.11. The molecule has 1 atom stereocenters. The highest BCUT2D eigenvalue weighted by Gasteiger charge is 2.29. The maximum Gasteiger partial charge on any atom is 0.0435 e. The zero-order valence-corrected chi connectivity index (χ0v) is 8.51. The topological polar surface area (TPSA) is 26.0 Å². The Morgan fingerprint density at radius 2 is 2.15 bits per heavy atom. The number of aryl methyl sites for hydroxylation is 1. The van der Waals surface area contributed by atoms with E-state index in [0.717, 1.165) is 10.6 Å². The Morgan fingerprint density at radius 3 is 2.69 bits per heavy atom. The lowest BCUT2D eigenvalue weighted by atomic mass is 10.0. The Kier molecular flexibility index (Phi) is 2.31. The number of halogens is 1. The predicted octanol–water partition coefficient (Wildman–Crippen LogP) is 3.06. The molecule has 0 radical (unpaired) electrons. The van der Waals surface area contributed by atoms with Crippen LogP contribution in [0, 0.1) is 12.8 Å². The molecule has 13 heavy (non-hydrogen) atoms. The fraction of sp³-hybridized carbons (Fsp3) is 0.455. The minimum absolute atomic E-state index is 0.218. The molecule has 0 aliphatic heterocycles. The van der Waals surface area contributed by atoms with Crippen molar-refractivity contribution < 1.29 is 0 Å². The predicted molar refractivity (Wildman–Crippen MR) is 55.8 cm³/mol. The van der Waals surface area contributed by atoms with E-state index >= 15 is 0 Å². The summed E-state index contributed by atoms with van der Waals surface area (Å²) in [7, 11) is 0. The second-order valence-corrected chi connectivity index (χ2v) is 4.28. The van der Waals surface area contributed by atoms with Crippen LogP contribution in [-0.4, -0.2) is 0 Å². The van der Waals surface area contributed by atoms with Crippen LogP contribution in [0.5, 0.6) is 0 Å². The average Bonchev–Trinajstić information content (AvgIpc) is 2.91. The summed E-state index contributed by atoms with van der Waals surface area (Å²) in [6, 6.07) is 6.30. The van der Waals surface area contributed by atoms with Gasteiger partial charge in [0.05, 0.1) is 0 Å². The van der Waals surface area contributed by atoms with Crippen LogP contribution in [0.1, 0.15) is 30.0 Å². The van der Waals surface area contributed by atoms with Crippen molar-refractivity contribution in [1.29, 1.82) is 0 Å². The maximum absolute atomic E-state index is 6.08. The van der Waals surface area contributed by atoms with Gasteiger partial charge in [0.1, 0.15) is 0 Å². The Hall–Kier alpha value is -0.530. The number of rotatable bonds is 2. The van der Waals surface area contributed by atoms with E-state index in [4.69, 9.17) is 17.3 Å². The van der Waals surface area contributed by atoms with Gasteiger partial charge in [-0.3, -0.25) is 0 Å². The molecule has 1 aromatic rings. The average molecular weight is 196 g/mol. The van der Waals surface area contributed by atoms with Crippen LogP contribution in [0.15, 0.2) is 18.2 Å². The molecule has 2 N–H and O–H groups in total. The Bertz CT molecular complexity index is 318. The summed E-state index contributed by atoms with van der Waals surface area (Å²) in [6.45, 7) is 2.02. The normalized spacial score (nSPS) is 18.7. The van der Waals surface area contributed by atoms with E-state index in [0.29, 0.717) is 5.92 Å². The summed E-state index contributed by atoms with van der Waals surface area (Å²) in [5, 5.41) is 0.826. The first-order chi connectivity index (χ1) is 6.18. The summed E-state index contributed by atoms with van der Waals surface area (Å²) in [5.41, 5.74) is 8.42. The Morgan fingerprint density at radius 1 is 1.46 bits per heavy atom. The van der Waals surface area contributed by atoms with E-state index in [1.165, 1.54) is 18.4 Å². The van der Waals surface area contributed by atoms with Gasteiger partial charge in [0.15, 0.2) is 0 Å². The van der Waals surface area contributed by atoms with Crippen molar-refractivity contribution in [2.45, 2.75) is 25.8 Å². The Labute approximate surface area is 83.9 Å². The third kappa shape index (κ3) is 1.87. The van der Waals surface area contributed by atoms with Gasteiger partial charge in [-0.05, 0) is 42.9 Å². The van der Waals surface area contributed by atoms with Gasteiger partial charge >= 0.3 is 0 Å². The van der Waals surface area contributed by atoms with Crippen LogP contribution < -0.4 is 5.73 Å². The van der Waals surface area contributed by atoms with Gasteiger partial charge in [0.2, 0.25) is 0 Å². The summed E-state index contributed by atoms with van der Waals surface area (Å²) in [5.74, 6) is 0.709. The van der Waals surface area contributed by atoms with E-state index in [9.17, 15) is 0 Å². The third-order valence-electron chi connectivity index (χ3n) is 2.70. The molecule has 1 aromatic carbocycles. The standard InChI is InChI=1S/C11H14ClN/c1-7-6-9(4-5-10(7)12)11(13)8-2-3-8/h4-6,8,11H,2-3,13H2,1H3. The van der Waals surface area contributed by atoms with E-state index in [1.54, 1.807) is 0 Å². The van der Waals surface area contributed by atoms with Gasteiger partial charge in [0, 0.05) is 11.1 Å². The molecule has 1 unspecified atom stereocenters. The molecule has 70 valence electrons. The van der Waals surface area contributed by atoms with Gasteiger partial charge in [0.25, 0.3) is 0 Å². The molecule has 1 fully saturated rings. The van der Waals surface area contributed by atoms with Crippen molar-refractivity contribution in [1.82, 2.24) is 0 Å².